The van der Waals surface area contributed by atoms with Crippen LogP contribution in [-0.4, -0.2) is 4.57 Å². The molecule has 4 nitrogen and oxygen atoms in total. The van der Waals surface area contributed by atoms with Gasteiger partial charge >= 0.3 is 0 Å². The van der Waals surface area contributed by atoms with Gasteiger partial charge in [0.2, 0.25) is 4.80 Å². The van der Waals surface area contributed by atoms with Gasteiger partial charge in [0.25, 0.3) is 0 Å². The Hall–Kier alpha value is -2.27. The average Bonchev–Trinajstić information content (AvgIpc) is 2.87. The molecule has 3 aromatic rings. The molecule has 5 heteroatoms. The number of rotatable bonds is 5. The fourth-order valence-electron chi connectivity index (χ4n) is 2.43. The molecule has 1 heterocycles. The molecular weight excluding hydrogens is 282 g/mol. The van der Waals surface area contributed by atoms with Crippen molar-refractivity contribution in [3.63, 3.8) is 0 Å². The van der Waals surface area contributed by atoms with Crippen molar-refractivity contribution in [1.82, 2.24) is 4.57 Å². The summed E-state index contributed by atoms with van der Waals surface area (Å²) in [6.07, 6.45) is 2.00. The molecule has 0 saturated heterocycles. The van der Waals surface area contributed by atoms with Gasteiger partial charge in [-0.15, -0.1) is 4.91 Å². The molecule has 0 bridgehead atoms. The number of hydrogen-bond donors (Lipinski definition) is 0. The standard InChI is InChI=1S/C16H15N3OS/c20-18-17-16-19(14-10-4-5-11-15(14)21-16)12-6-9-13-7-2-1-3-8-13/h1-5,7-8,10-11H,6,9,12H2/b17-16-. The average molecular weight is 297 g/mol. The van der Waals surface area contributed by atoms with Crippen LogP contribution in [0.3, 0.4) is 0 Å². The smallest absolute Gasteiger partial charge is 0.215 e. The number of hydrogen-bond acceptors (Lipinski definition) is 3. The van der Waals surface area contributed by atoms with Gasteiger partial charge in [-0.3, -0.25) is 0 Å². The molecule has 0 unspecified atom stereocenters. The van der Waals surface area contributed by atoms with Crippen LogP contribution < -0.4 is 4.80 Å². The largest absolute Gasteiger partial charge is 0.315 e. The predicted molar refractivity (Wildman–Crippen MR) is 85.9 cm³/mol. The van der Waals surface area contributed by atoms with Crippen LogP contribution in [0.1, 0.15) is 12.0 Å². The van der Waals surface area contributed by atoms with Crippen molar-refractivity contribution in [2.75, 3.05) is 0 Å². The Morgan fingerprint density at radius 2 is 1.76 bits per heavy atom. The van der Waals surface area contributed by atoms with E-state index in [9.17, 15) is 4.91 Å². The van der Waals surface area contributed by atoms with E-state index in [0.29, 0.717) is 4.80 Å². The highest BCUT2D eigenvalue weighted by atomic mass is 32.1. The van der Waals surface area contributed by atoms with Gasteiger partial charge in [-0.05, 0) is 30.5 Å². The van der Waals surface area contributed by atoms with Gasteiger partial charge < -0.3 is 4.57 Å². The Labute approximate surface area is 126 Å². The van der Waals surface area contributed by atoms with Gasteiger partial charge in [0, 0.05) is 6.54 Å². The summed E-state index contributed by atoms with van der Waals surface area (Å²) < 4.78 is 3.20. The number of para-hydroxylation sites is 1. The van der Waals surface area contributed by atoms with Crippen LogP contribution >= 0.6 is 11.3 Å². The maximum absolute atomic E-state index is 10.5. The Morgan fingerprint density at radius 3 is 2.57 bits per heavy atom. The number of fused-ring (bicyclic) bond motifs is 1. The lowest BCUT2D eigenvalue weighted by molar-refractivity contribution is 0.642. The van der Waals surface area contributed by atoms with Crippen LogP contribution in [0.4, 0.5) is 0 Å². The fraction of sp³-hybridized carbons (Fsp3) is 0.188. The summed E-state index contributed by atoms with van der Waals surface area (Å²) in [4.78, 5) is 11.1. The van der Waals surface area contributed by atoms with Gasteiger partial charge in [-0.2, -0.15) is 0 Å². The molecule has 106 valence electrons. The SMILES string of the molecule is O=N/N=c1\sc2ccccc2n1CCCc1ccccc1. The first-order valence-electron chi connectivity index (χ1n) is 6.87. The number of aromatic nitrogens is 1. The number of benzene rings is 2. The van der Waals surface area contributed by atoms with Crippen LogP contribution in [0.15, 0.2) is 65.0 Å². The van der Waals surface area contributed by atoms with Crippen molar-refractivity contribution < 1.29 is 0 Å². The van der Waals surface area contributed by atoms with Crippen LogP contribution in [0.5, 0.6) is 0 Å². The molecule has 3 rings (SSSR count). The number of thiazole rings is 1. The van der Waals surface area contributed by atoms with Crippen molar-refractivity contribution in [2.24, 2.45) is 10.4 Å². The van der Waals surface area contributed by atoms with E-state index in [-0.39, 0.29) is 0 Å². The molecule has 0 saturated carbocycles. The summed E-state index contributed by atoms with van der Waals surface area (Å²) in [5.41, 5.74) is 2.43. The van der Waals surface area contributed by atoms with Crippen molar-refractivity contribution in [2.45, 2.75) is 19.4 Å². The summed E-state index contributed by atoms with van der Waals surface area (Å²) in [5, 5.41) is 6.41. The van der Waals surface area contributed by atoms with Crippen LogP contribution in [0.2, 0.25) is 0 Å². The summed E-state index contributed by atoms with van der Waals surface area (Å²) >= 11 is 1.50. The van der Waals surface area contributed by atoms with E-state index in [4.69, 9.17) is 0 Å². The normalized spacial score (nSPS) is 11.9. The number of aryl methyl sites for hydroxylation is 2. The molecule has 2 aromatic carbocycles. The molecule has 0 atom stereocenters. The van der Waals surface area contributed by atoms with Crippen LogP contribution in [0.25, 0.3) is 10.2 Å². The van der Waals surface area contributed by atoms with Crippen molar-refractivity contribution in [3.8, 4) is 0 Å². The van der Waals surface area contributed by atoms with Gasteiger partial charge in [-0.25, -0.2) is 0 Å². The predicted octanol–water partition coefficient (Wildman–Crippen LogP) is 3.92. The lowest BCUT2D eigenvalue weighted by Crippen LogP contribution is -2.14. The Morgan fingerprint density at radius 1 is 1.00 bits per heavy atom. The van der Waals surface area contributed by atoms with E-state index in [2.05, 4.69) is 45.3 Å². The molecule has 0 aliphatic rings. The Bertz CT molecular complexity index is 805. The second-order valence-corrected chi connectivity index (χ2v) is 5.78. The van der Waals surface area contributed by atoms with Gasteiger partial charge in [0.1, 0.15) is 0 Å². The summed E-state index contributed by atoms with van der Waals surface area (Å²) in [6.45, 7) is 0.827. The first-order valence-corrected chi connectivity index (χ1v) is 7.69. The summed E-state index contributed by atoms with van der Waals surface area (Å²) in [7, 11) is 0. The van der Waals surface area contributed by atoms with Gasteiger partial charge in [0.05, 0.1) is 15.5 Å². The fourth-order valence-corrected chi connectivity index (χ4v) is 3.43. The van der Waals surface area contributed by atoms with E-state index >= 15 is 0 Å². The van der Waals surface area contributed by atoms with Crippen molar-refractivity contribution >= 4 is 21.6 Å². The molecular formula is C16H15N3OS. The lowest BCUT2D eigenvalue weighted by Gasteiger charge is -2.05. The maximum atomic E-state index is 10.5. The summed E-state index contributed by atoms with van der Waals surface area (Å²) in [5.74, 6) is 0. The third kappa shape index (κ3) is 3.08. The first kappa shape index (κ1) is 13.7. The highest BCUT2D eigenvalue weighted by Gasteiger charge is 2.05. The minimum absolute atomic E-state index is 0.666. The third-order valence-electron chi connectivity index (χ3n) is 3.40. The van der Waals surface area contributed by atoms with Crippen LogP contribution in [0, 0.1) is 4.91 Å². The molecule has 0 fully saturated rings. The zero-order chi connectivity index (χ0) is 14.5. The van der Waals surface area contributed by atoms with Crippen molar-refractivity contribution in [1.29, 1.82) is 0 Å². The summed E-state index contributed by atoms with van der Waals surface area (Å²) in [6, 6.07) is 18.5. The first-order chi connectivity index (χ1) is 10.4. The zero-order valence-electron chi connectivity index (χ0n) is 11.5. The second kappa shape index (κ2) is 6.45. The molecule has 0 aliphatic carbocycles. The lowest BCUT2D eigenvalue weighted by atomic mass is 10.1. The second-order valence-electron chi connectivity index (χ2n) is 4.77. The Kier molecular flexibility index (Phi) is 4.21. The zero-order valence-corrected chi connectivity index (χ0v) is 12.3. The minimum atomic E-state index is 0.666. The maximum Gasteiger partial charge on any atom is 0.215 e. The monoisotopic (exact) mass is 297 g/mol. The molecule has 0 N–H and O–H groups in total. The van der Waals surface area contributed by atoms with E-state index in [0.717, 1.165) is 29.6 Å². The third-order valence-corrected chi connectivity index (χ3v) is 4.45. The van der Waals surface area contributed by atoms with Crippen LogP contribution in [-0.2, 0) is 13.0 Å². The number of nitroso groups, excluding NO2 is 1. The molecule has 0 spiro atoms. The highest BCUT2D eigenvalue weighted by Crippen LogP contribution is 2.17. The molecule has 0 radical (unpaired) electrons. The van der Waals surface area contributed by atoms with E-state index < -0.39 is 0 Å². The highest BCUT2D eigenvalue weighted by molar-refractivity contribution is 7.16. The molecule has 0 aliphatic heterocycles. The minimum Gasteiger partial charge on any atom is -0.315 e. The molecule has 1 aromatic heterocycles. The van der Waals surface area contributed by atoms with Gasteiger partial charge in [-0.1, -0.05) is 58.9 Å². The van der Waals surface area contributed by atoms with Gasteiger partial charge in [0.15, 0.2) is 0 Å². The quantitative estimate of drug-likeness (QED) is 0.520. The number of nitrogens with zero attached hydrogens (tertiary/aromatic N) is 3. The van der Waals surface area contributed by atoms with E-state index in [1.807, 2.05) is 24.3 Å². The van der Waals surface area contributed by atoms with E-state index in [1.54, 1.807) is 0 Å². The topological polar surface area (TPSA) is 46.7 Å². The molecule has 21 heavy (non-hydrogen) atoms. The molecule has 0 amide bonds. The van der Waals surface area contributed by atoms with E-state index in [1.165, 1.54) is 16.9 Å². The Balaban J connectivity index is 1.84. The van der Waals surface area contributed by atoms with Crippen molar-refractivity contribution in [3.05, 3.63) is 69.9 Å².